The Morgan fingerprint density at radius 3 is 2.56 bits per heavy atom. The Bertz CT molecular complexity index is 1010. The highest BCUT2D eigenvalue weighted by molar-refractivity contribution is 6.31. The molecule has 1 amide bonds. The Morgan fingerprint density at radius 1 is 1.15 bits per heavy atom. The van der Waals surface area contributed by atoms with E-state index in [2.05, 4.69) is 15.6 Å². The van der Waals surface area contributed by atoms with Crippen molar-refractivity contribution < 1.29 is 18.0 Å². The van der Waals surface area contributed by atoms with Gasteiger partial charge < -0.3 is 5.32 Å². The summed E-state index contributed by atoms with van der Waals surface area (Å²) in [6.07, 6.45) is -4.50. The van der Waals surface area contributed by atoms with Gasteiger partial charge in [-0.1, -0.05) is 28.9 Å². The number of halogens is 4. The molecule has 1 N–H and O–H groups in total. The highest BCUT2D eigenvalue weighted by Crippen LogP contribution is 2.30. The van der Waals surface area contributed by atoms with Gasteiger partial charge >= 0.3 is 6.18 Å². The van der Waals surface area contributed by atoms with Gasteiger partial charge in [0.2, 0.25) is 0 Å². The number of aryl methyl sites for hydroxylation is 1. The molecular weight excluding hydrogens is 381 g/mol. The van der Waals surface area contributed by atoms with Crippen molar-refractivity contribution in [3.05, 3.63) is 70.0 Å². The highest BCUT2D eigenvalue weighted by Gasteiger charge is 2.30. The zero-order valence-electron chi connectivity index (χ0n) is 14.3. The molecule has 0 radical (unpaired) electrons. The summed E-state index contributed by atoms with van der Waals surface area (Å²) < 4.78 is 39.8. The summed E-state index contributed by atoms with van der Waals surface area (Å²) in [5.41, 5.74) is 1.11. The van der Waals surface area contributed by atoms with Gasteiger partial charge in [-0.3, -0.25) is 4.79 Å². The minimum absolute atomic E-state index is 0.00380. The van der Waals surface area contributed by atoms with E-state index in [4.69, 9.17) is 11.6 Å². The molecule has 0 atom stereocenters. The Morgan fingerprint density at radius 2 is 1.89 bits per heavy atom. The molecule has 9 heteroatoms. The van der Waals surface area contributed by atoms with Crippen molar-refractivity contribution in [2.75, 3.05) is 5.32 Å². The van der Waals surface area contributed by atoms with Crippen LogP contribution in [0, 0.1) is 13.8 Å². The number of amides is 1. The highest BCUT2D eigenvalue weighted by atomic mass is 35.5. The second-order valence-electron chi connectivity index (χ2n) is 5.90. The maximum Gasteiger partial charge on any atom is 0.416 e. The Balaban J connectivity index is 1.86. The zero-order chi connectivity index (χ0) is 19.8. The van der Waals surface area contributed by atoms with Crippen LogP contribution in [0.25, 0.3) is 5.69 Å². The van der Waals surface area contributed by atoms with E-state index in [0.717, 1.165) is 17.7 Å². The predicted octanol–water partition coefficient (Wildman–Crippen LogP) is 4.81. The molecule has 0 spiro atoms. The van der Waals surface area contributed by atoms with Crippen molar-refractivity contribution in [1.29, 1.82) is 0 Å². The van der Waals surface area contributed by atoms with Crippen LogP contribution in [0.2, 0.25) is 5.02 Å². The Hall–Kier alpha value is -2.87. The second-order valence-corrected chi connectivity index (χ2v) is 6.31. The molecule has 3 aromatic rings. The molecule has 0 aliphatic rings. The summed E-state index contributed by atoms with van der Waals surface area (Å²) in [4.78, 5) is 12.4. The van der Waals surface area contributed by atoms with Crippen molar-refractivity contribution >= 4 is 23.2 Å². The summed E-state index contributed by atoms with van der Waals surface area (Å²) in [6, 6.07) is 9.64. The van der Waals surface area contributed by atoms with Gasteiger partial charge in [0, 0.05) is 10.7 Å². The van der Waals surface area contributed by atoms with Gasteiger partial charge in [0.15, 0.2) is 5.69 Å². The van der Waals surface area contributed by atoms with Crippen LogP contribution in [0.15, 0.2) is 42.5 Å². The van der Waals surface area contributed by atoms with Gasteiger partial charge in [-0.05, 0) is 49.7 Å². The van der Waals surface area contributed by atoms with Crippen LogP contribution in [-0.2, 0) is 6.18 Å². The first-order chi connectivity index (χ1) is 12.7. The van der Waals surface area contributed by atoms with Crippen LogP contribution in [-0.4, -0.2) is 20.9 Å². The molecule has 0 saturated carbocycles. The number of carbonyl (C=O) groups is 1. The molecule has 0 aliphatic heterocycles. The number of carbonyl (C=O) groups excluding carboxylic acids is 1. The summed E-state index contributed by atoms with van der Waals surface area (Å²) in [6.45, 7) is 3.49. The van der Waals surface area contributed by atoms with Gasteiger partial charge in [-0.25, -0.2) is 4.68 Å². The third-order valence-corrected chi connectivity index (χ3v) is 4.36. The van der Waals surface area contributed by atoms with Crippen LogP contribution in [0.5, 0.6) is 0 Å². The monoisotopic (exact) mass is 394 g/mol. The lowest BCUT2D eigenvalue weighted by molar-refractivity contribution is -0.137. The predicted molar refractivity (Wildman–Crippen MR) is 95.2 cm³/mol. The van der Waals surface area contributed by atoms with Crippen molar-refractivity contribution in [3.63, 3.8) is 0 Å². The van der Waals surface area contributed by atoms with E-state index in [-0.39, 0.29) is 11.4 Å². The standard InChI is InChI=1S/C18H14ClF3N4O/c1-10-6-7-14(9-15(10)19)26-11(2)16(24-25-26)17(27)23-13-5-3-4-12(8-13)18(20,21)22/h3-9H,1-2H3,(H,23,27). The average Bonchev–Trinajstić information content (AvgIpc) is 2.98. The molecular formula is C18H14ClF3N4O. The second kappa shape index (κ2) is 7.03. The summed E-state index contributed by atoms with van der Waals surface area (Å²) in [5.74, 6) is -0.656. The maximum absolute atomic E-state index is 12.8. The smallest absolute Gasteiger partial charge is 0.321 e. The van der Waals surface area contributed by atoms with Gasteiger partial charge in [0.25, 0.3) is 5.91 Å². The summed E-state index contributed by atoms with van der Waals surface area (Å²) in [5, 5.41) is 10.7. The fraction of sp³-hybridized carbons (Fsp3) is 0.167. The van der Waals surface area contributed by atoms with Gasteiger partial charge in [0.1, 0.15) is 0 Å². The molecule has 1 heterocycles. The SMILES string of the molecule is Cc1ccc(-n2nnc(C(=O)Nc3cccc(C(F)(F)F)c3)c2C)cc1Cl. The third-order valence-electron chi connectivity index (χ3n) is 3.96. The topological polar surface area (TPSA) is 59.8 Å². The lowest BCUT2D eigenvalue weighted by Crippen LogP contribution is -2.15. The zero-order valence-corrected chi connectivity index (χ0v) is 15.1. The number of nitrogens with one attached hydrogen (secondary N) is 1. The van der Waals surface area contributed by atoms with Crippen molar-refractivity contribution in [3.8, 4) is 5.69 Å². The first-order valence-corrected chi connectivity index (χ1v) is 8.22. The first kappa shape index (κ1) is 18.9. The number of nitrogens with zero attached hydrogens (tertiary/aromatic N) is 3. The summed E-state index contributed by atoms with van der Waals surface area (Å²) in [7, 11) is 0. The van der Waals surface area contributed by atoms with Crippen LogP contribution in [0.3, 0.4) is 0 Å². The van der Waals surface area contributed by atoms with E-state index in [1.54, 1.807) is 25.1 Å². The molecule has 5 nitrogen and oxygen atoms in total. The Labute approximate surface area is 157 Å². The molecule has 0 aliphatic carbocycles. The van der Waals surface area contributed by atoms with Crippen LogP contribution < -0.4 is 5.32 Å². The molecule has 140 valence electrons. The quantitative estimate of drug-likeness (QED) is 0.693. The number of benzene rings is 2. The lowest BCUT2D eigenvalue weighted by atomic mass is 10.2. The minimum atomic E-state index is -4.50. The van der Waals surface area contributed by atoms with E-state index < -0.39 is 17.6 Å². The largest absolute Gasteiger partial charge is 0.416 e. The number of hydrogen-bond donors (Lipinski definition) is 1. The molecule has 27 heavy (non-hydrogen) atoms. The van der Waals surface area contributed by atoms with E-state index in [0.29, 0.717) is 16.4 Å². The lowest BCUT2D eigenvalue weighted by Gasteiger charge is -2.09. The van der Waals surface area contributed by atoms with Crippen molar-refractivity contribution in [2.24, 2.45) is 0 Å². The third kappa shape index (κ3) is 3.95. The van der Waals surface area contributed by atoms with Crippen LogP contribution >= 0.6 is 11.6 Å². The summed E-state index contributed by atoms with van der Waals surface area (Å²) >= 11 is 6.11. The van der Waals surface area contributed by atoms with Crippen LogP contribution in [0.4, 0.5) is 18.9 Å². The normalized spacial score (nSPS) is 11.5. The molecule has 0 saturated heterocycles. The van der Waals surface area contributed by atoms with Crippen molar-refractivity contribution in [1.82, 2.24) is 15.0 Å². The van der Waals surface area contributed by atoms with Crippen LogP contribution in [0.1, 0.15) is 27.3 Å². The van der Waals surface area contributed by atoms with E-state index in [1.165, 1.54) is 16.8 Å². The molecule has 0 bridgehead atoms. The fourth-order valence-corrected chi connectivity index (χ4v) is 2.64. The minimum Gasteiger partial charge on any atom is -0.321 e. The molecule has 3 rings (SSSR count). The number of alkyl halides is 3. The van der Waals surface area contributed by atoms with Gasteiger partial charge in [-0.2, -0.15) is 13.2 Å². The fourth-order valence-electron chi connectivity index (χ4n) is 2.46. The molecule has 0 fully saturated rings. The average molecular weight is 395 g/mol. The molecule has 0 unspecified atom stereocenters. The van der Waals surface area contributed by atoms with E-state index >= 15 is 0 Å². The maximum atomic E-state index is 12.8. The molecule has 2 aromatic carbocycles. The van der Waals surface area contributed by atoms with E-state index in [1.807, 2.05) is 6.92 Å². The number of anilines is 1. The first-order valence-electron chi connectivity index (χ1n) is 7.84. The van der Waals surface area contributed by atoms with Gasteiger partial charge in [0.05, 0.1) is 16.9 Å². The Kier molecular flexibility index (Phi) is 4.93. The number of aromatic nitrogens is 3. The van der Waals surface area contributed by atoms with E-state index in [9.17, 15) is 18.0 Å². The van der Waals surface area contributed by atoms with Crippen molar-refractivity contribution in [2.45, 2.75) is 20.0 Å². The number of hydrogen-bond acceptors (Lipinski definition) is 3. The van der Waals surface area contributed by atoms with Gasteiger partial charge in [-0.15, -0.1) is 5.10 Å². The molecule has 1 aromatic heterocycles. The number of rotatable bonds is 3.